The average molecular weight is 283 g/mol. The second-order valence-corrected chi connectivity index (χ2v) is 4.36. The van der Waals surface area contributed by atoms with Gasteiger partial charge in [-0.25, -0.2) is 4.79 Å². The van der Waals surface area contributed by atoms with E-state index in [1.54, 1.807) is 29.8 Å². The minimum absolute atomic E-state index is 0.382. The van der Waals surface area contributed by atoms with Crippen molar-refractivity contribution in [3.8, 4) is 17.1 Å². The van der Waals surface area contributed by atoms with Gasteiger partial charge in [0.15, 0.2) is 11.5 Å². The molecule has 0 aliphatic carbocycles. The van der Waals surface area contributed by atoms with Crippen molar-refractivity contribution in [3.05, 3.63) is 48.2 Å². The van der Waals surface area contributed by atoms with Gasteiger partial charge in [0.05, 0.1) is 14.2 Å². The molecule has 0 amide bonds. The molecule has 0 aliphatic heterocycles. The molecule has 0 N–H and O–H groups in total. The summed E-state index contributed by atoms with van der Waals surface area (Å²) in [5.74, 6) is 0.982. The van der Waals surface area contributed by atoms with Crippen LogP contribution in [-0.2, 0) is 4.74 Å². The molecule has 0 fully saturated rings. The molecule has 0 saturated carbocycles. The van der Waals surface area contributed by atoms with E-state index in [1.807, 2.05) is 24.3 Å². The fourth-order valence-electron chi connectivity index (χ4n) is 2.12. The van der Waals surface area contributed by atoms with Crippen molar-refractivity contribution in [2.24, 2.45) is 0 Å². The minimum Gasteiger partial charge on any atom is -0.497 e. The third kappa shape index (κ3) is 2.20. The molecule has 6 heteroatoms. The highest BCUT2D eigenvalue weighted by molar-refractivity contribution is 5.95. The summed E-state index contributed by atoms with van der Waals surface area (Å²) < 4.78 is 11.6. The van der Waals surface area contributed by atoms with Gasteiger partial charge in [0, 0.05) is 11.8 Å². The molecule has 0 saturated heterocycles. The maximum Gasteiger partial charge on any atom is 0.341 e. The van der Waals surface area contributed by atoms with Gasteiger partial charge in [-0.05, 0) is 36.4 Å². The smallest absolute Gasteiger partial charge is 0.341 e. The molecule has 3 aromatic rings. The van der Waals surface area contributed by atoms with E-state index < -0.39 is 5.97 Å². The first kappa shape index (κ1) is 13.1. The number of carbonyl (C=O) groups is 1. The van der Waals surface area contributed by atoms with E-state index in [4.69, 9.17) is 9.47 Å². The molecular formula is C15H13N3O3. The van der Waals surface area contributed by atoms with Crippen molar-refractivity contribution in [3.63, 3.8) is 0 Å². The lowest BCUT2D eigenvalue weighted by Gasteiger charge is -2.04. The summed E-state index contributed by atoms with van der Waals surface area (Å²) in [6, 6.07) is 10.9. The number of hydrogen-bond acceptors (Lipinski definition) is 5. The predicted molar refractivity (Wildman–Crippen MR) is 76.3 cm³/mol. The Kier molecular flexibility index (Phi) is 3.27. The van der Waals surface area contributed by atoms with E-state index in [0.717, 1.165) is 11.3 Å². The lowest BCUT2D eigenvalue weighted by molar-refractivity contribution is 0.0602. The summed E-state index contributed by atoms with van der Waals surface area (Å²) in [7, 11) is 2.96. The summed E-state index contributed by atoms with van der Waals surface area (Å²) >= 11 is 0. The van der Waals surface area contributed by atoms with Crippen LogP contribution >= 0.6 is 0 Å². The van der Waals surface area contributed by atoms with Gasteiger partial charge in [-0.3, -0.25) is 4.40 Å². The molecule has 6 nitrogen and oxygen atoms in total. The number of esters is 1. The second kappa shape index (κ2) is 5.24. The largest absolute Gasteiger partial charge is 0.497 e. The summed E-state index contributed by atoms with van der Waals surface area (Å²) in [5, 5.41) is 8.25. The van der Waals surface area contributed by atoms with E-state index >= 15 is 0 Å². The van der Waals surface area contributed by atoms with Crippen LogP contribution < -0.4 is 4.74 Å². The molecular weight excluding hydrogens is 270 g/mol. The summed E-state index contributed by atoms with van der Waals surface area (Å²) in [6.07, 6.45) is 1.81. The number of ether oxygens (including phenoxy) is 2. The lowest BCUT2D eigenvalue weighted by atomic mass is 10.2. The van der Waals surface area contributed by atoms with Crippen LogP contribution in [0.3, 0.4) is 0 Å². The monoisotopic (exact) mass is 283 g/mol. The maximum absolute atomic E-state index is 11.7. The number of pyridine rings is 1. The van der Waals surface area contributed by atoms with Crippen molar-refractivity contribution < 1.29 is 14.3 Å². The normalized spacial score (nSPS) is 10.6. The van der Waals surface area contributed by atoms with E-state index in [-0.39, 0.29) is 0 Å². The van der Waals surface area contributed by atoms with Crippen molar-refractivity contribution in [1.29, 1.82) is 0 Å². The summed E-state index contributed by atoms with van der Waals surface area (Å²) in [4.78, 5) is 11.7. The molecule has 0 radical (unpaired) electrons. The number of rotatable bonds is 3. The van der Waals surface area contributed by atoms with Gasteiger partial charge in [-0.1, -0.05) is 0 Å². The van der Waals surface area contributed by atoms with E-state index in [2.05, 4.69) is 10.2 Å². The molecule has 21 heavy (non-hydrogen) atoms. The van der Waals surface area contributed by atoms with Crippen molar-refractivity contribution in [2.45, 2.75) is 0 Å². The standard InChI is InChI=1S/C15H13N3O3/c1-20-11-7-5-10(6-8-11)13-16-17-14-12(15(19)21-2)4-3-9-18(13)14/h3-9H,1-2H3. The molecule has 106 valence electrons. The van der Waals surface area contributed by atoms with Gasteiger partial charge in [0.2, 0.25) is 0 Å². The van der Waals surface area contributed by atoms with Gasteiger partial charge < -0.3 is 9.47 Å². The van der Waals surface area contributed by atoms with Crippen molar-refractivity contribution >= 4 is 11.6 Å². The topological polar surface area (TPSA) is 65.7 Å². The van der Waals surface area contributed by atoms with Crippen molar-refractivity contribution in [2.75, 3.05) is 14.2 Å². The van der Waals surface area contributed by atoms with Crippen LogP contribution in [0.1, 0.15) is 10.4 Å². The summed E-state index contributed by atoms with van der Waals surface area (Å²) in [5.41, 5.74) is 1.73. The fraction of sp³-hybridized carbons (Fsp3) is 0.133. The van der Waals surface area contributed by atoms with E-state index in [9.17, 15) is 4.79 Å². The van der Waals surface area contributed by atoms with Gasteiger partial charge >= 0.3 is 5.97 Å². The Balaban J connectivity index is 2.13. The van der Waals surface area contributed by atoms with Gasteiger partial charge in [-0.2, -0.15) is 0 Å². The van der Waals surface area contributed by atoms with Crippen molar-refractivity contribution in [1.82, 2.24) is 14.6 Å². The molecule has 2 heterocycles. The number of hydrogen-bond donors (Lipinski definition) is 0. The Labute approximate surface area is 120 Å². The van der Waals surface area contributed by atoms with Gasteiger partial charge in [-0.15, -0.1) is 10.2 Å². The van der Waals surface area contributed by atoms with Crippen LogP contribution in [0.2, 0.25) is 0 Å². The first-order valence-electron chi connectivity index (χ1n) is 6.31. The predicted octanol–water partition coefficient (Wildman–Crippen LogP) is 2.19. The molecule has 0 bridgehead atoms. The fourth-order valence-corrected chi connectivity index (χ4v) is 2.12. The van der Waals surface area contributed by atoms with Gasteiger partial charge in [0.1, 0.15) is 11.3 Å². The molecule has 3 rings (SSSR count). The zero-order chi connectivity index (χ0) is 14.8. The molecule has 0 spiro atoms. The molecule has 0 unspecified atom stereocenters. The number of nitrogens with zero attached hydrogens (tertiary/aromatic N) is 3. The number of fused-ring (bicyclic) bond motifs is 1. The second-order valence-electron chi connectivity index (χ2n) is 4.36. The third-order valence-electron chi connectivity index (χ3n) is 3.19. The lowest BCUT2D eigenvalue weighted by Crippen LogP contribution is -2.04. The van der Waals surface area contributed by atoms with Crippen LogP contribution in [0.4, 0.5) is 0 Å². The van der Waals surface area contributed by atoms with Gasteiger partial charge in [0.25, 0.3) is 0 Å². The molecule has 0 atom stereocenters. The minimum atomic E-state index is -0.436. The highest BCUT2D eigenvalue weighted by atomic mass is 16.5. The zero-order valence-corrected chi connectivity index (χ0v) is 11.6. The Hall–Kier alpha value is -2.89. The SMILES string of the molecule is COC(=O)c1cccn2c(-c3ccc(OC)cc3)nnc12. The number of carbonyl (C=O) groups excluding carboxylic acids is 1. The number of methoxy groups -OCH3 is 2. The van der Waals surface area contributed by atoms with Crippen LogP contribution in [0, 0.1) is 0 Å². The Bertz CT molecular complexity index is 794. The Morgan fingerprint density at radius 2 is 1.86 bits per heavy atom. The zero-order valence-electron chi connectivity index (χ0n) is 11.6. The first-order chi connectivity index (χ1) is 10.2. The number of aromatic nitrogens is 3. The molecule has 2 aromatic heterocycles. The van der Waals surface area contributed by atoms with Crippen LogP contribution in [-0.4, -0.2) is 34.8 Å². The quantitative estimate of drug-likeness (QED) is 0.689. The highest BCUT2D eigenvalue weighted by Crippen LogP contribution is 2.22. The van der Waals surface area contributed by atoms with E-state index in [1.165, 1.54) is 7.11 Å². The van der Waals surface area contributed by atoms with Crippen LogP contribution in [0.15, 0.2) is 42.6 Å². The van der Waals surface area contributed by atoms with Crippen LogP contribution in [0.5, 0.6) is 5.75 Å². The third-order valence-corrected chi connectivity index (χ3v) is 3.19. The Morgan fingerprint density at radius 1 is 1.10 bits per heavy atom. The molecule has 1 aromatic carbocycles. The van der Waals surface area contributed by atoms with Crippen LogP contribution in [0.25, 0.3) is 17.0 Å². The first-order valence-corrected chi connectivity index (χ1v) is 6.31. The average Bonchev–Trinajstić information content (AvgIpc) is 2.98. The number of benzene rings is 1. The summed E-state index contributed by atoms with van der Waals surface area (Å²) in [6.45, 7) is 0. The molecule has 0 aliphatic rings. The maximum atomic E-state index is 11.7. The van der Waals surface area contributed by atoms with E-state index in [0.29, 0.717) is 17.0 Å². The Morgan fingerprint density at radius 3 is 2.52 bits per heavy atom. The highest BCUT2D eigenvalue weighted by Gasteiger charge is 2.15.